The molecule has 3 rings (SSSR count). The third-order valence-corrected chi connectivity index (χ3v) is 6.86. The summed E-state index contributed by atoms with van der Waals surface area (Å²) in [5.74, 6) is 1.57. The van der Waals surface area contributed by atoms with Crippen LogP contribution in [0.1, 0.15) is 57.4 Å². The van der Waals surface area contributed by atoms with Crippen LogP contribution in [0.15, 0.2) is 22.7 Å². The lowest BCUT2D eigenvalue weighted by molar-refractivity contribution is -0.0310. The molecule has 2 saturated carbocycles. The molecule has 0 heterocycles. The van der Waals surface area contributed by atoms with E-state index < -0.39 is 0 Å². The zero-order valence-corrected chi connectivity index (χ0v) is 15.3. The van der Waals surface area contributed by atoms with Crippen molar-refractivity contribution in [3.05, 3.63) is 28.2 Å². The number of hydrogen-bond donors (Lipinski definition) is 0. The minimum absolute atomic E-state index is 0.396. The maximum absolute atomic E-state index is 6.46. The highest BCUT2D eigenvalue weighted by Gasteiger charge is 2.56. The van der Waals surface area contributed by atoms with Gasteiger partial charge in [-0.2, -0.15) is 0 Å². The monoisotopic (exact) mass is 400 g/mol. The van der Waals surface area contributed by atoms with Gasteiger partial charge in [0.05, 0.1) is 0 Å². The second-order valence-electron chi connectivity index (χ2n) is 6.59. The number of hydrogen-bond acceptors (Lipinski definition) is 1. The maximum atomic E-state index is 6.46. The molecule has 0 aromatic heterocycles. The van der Waals surface area contributed by atoms with Crippen LogP contribution >= 0.6 is 31.9 Å². The fraction of sp³-hybridized carbons (Fsp3) is 0.647. The smallest absolute Gasteiger partial charge is 0.123 e. The van der Waals surface area contributed by atoms with Gasteiger partial charge in [-0.1, -0.05) is 58.5 Å². The Morgan fingerprint density at radius 1 is 1.25 bits per heavy atom. The van der Waals surface area contributed by atoms with Gasteiger partial charge in [0.25, 0.3) is 0 Å². The average Bonchev–Trinajstić information content (AvgIpc) is 2.92. The molecule has 0 N–H and O–H groups in total. The molecule has 0 radical (unpaired) electrons. The molecule has 0 bridgehead atoms. The molecule has 110 valence electrons. The second-order valence-corrected chi connectivity index (χ2v) is 8.61. The van der Waals surface area contributed by atoms with Gasteiger partial charge < -0.3 is 4.74 Å². The van der Waals surface area contributed by atoms with E-state index in [-0.39, 0.29) is 0 Å². The van der Waals surface area contributed by atoms with Crippen LogP contribution in [0.25, 0.3) is 0 Å². The Morgan fingerprint density at radius 2 is 1.95 bits per heavy atom. The van der Waals surface area contributed by atoms with Crippen LogP contribution in [0.3, 0.4) is 0 Å². The lowest BCUT2D eigenvalue weighted by atomic mass is 9.64. The molecule has 2 aliphatic carbocycles. The van der Waals surface area contributed by atoms with Crippen molar-refractivity contribution in [2.45, 2.75) is 62.8 Å². The van der Waals surface area contributed by atoms with Crippen LogP contribution in [0.4, 0.5) is 0 Å². The van der Waals surface area contributed by atoms with E-state index in [9.17, 15) is 0 Å². The van der Waals surface area contributed by atoms with Crippen molar-refractivity contribution in [2.24, 2.45) is 5.41 Å². The van der Waals surface area contributed by atoms with Crippen LogP contribution in [-0.4, -0.2) is 10.9 Å². The van der Waals surface area contributed by atoms with Gasteiger partial charge in [-0.3, -0.25) is 0 Å². The van der Waals surface area contributed by atoms with Crippen molar-refractivity contribution in [1.29, 1.82) is 0 Å². The van der Waals surface area contributed by atoms with Crippen LogP contribution in [0, 0.1) is 5.41 Å². The number of halogens is 2. The summed E-state index contributed by atoms with van der Waals surface area (Å²) in [6, 6.07) is 6.42. The molecule has 1 aromatic rings. The number of benzene rings is 1. The lowest BCUT2D eigenvalue weighted by Gasteiger charge is -2.51. The molecule has 1 spiro atoms. The van der Waals surface area contributed by atoms with E-state index in [1.807, 2.05) is 0 Å². The fourth-order valence-corrected chi connectivity index (χ4v) is 5.23. The summed E-state index contributed by atoms with van der Waals surface area (Å²) in [6.07, 6.45) is 6.90. The summed E-state index contributed by atoms with van der Waals surface area (Å²) in [6.45, 7) is 4.46. The lowest BCUT2D eigenvalue weighted by Crippen LogP contribution is -2.55. The molecule has 2 unspecified atom stereocenters. The van der Waals surface area contributed by atoms with Gasteiger partial charge in [-0.15, -0.1) is 0 Å². The number of ether oxygens (including phenoxy) is 1. The Morgan fingerprint density at radius 3 is 2.55 bits per heavy atom. The second kappa shape index (κ2) is 5.64. The summed E-state index contributed by atoms with van der Waals surface area (Å²) in [5, 5.41) is 0. The minimum atomic E-state index is 0.396. The van der Waals surface area contributed by atoms with Gasteiger partial charge in [-0.05, 0) is 48.9 Å². The first-order valence-corrected chi connectivity index (χ1v) is 9.34. The van der Waals surface area contributed by atoms with Crippen molar-refractivity contribution in [1.82, 2.24) is 0 Å². The van der Waals surface area contributed by atoms with E-state index in [2.05, 4.69) is 63.9 Å². The zero-order valence-electron chi connectivity index (χ0n) is 12.2. The Labute approximate surface area is 138 Å². The first kappa shape index (κ1) is 14.9. The quantitative estimate of drug-likeness (QED) is 0.560. The molecule has 1 aromatic carbocycles. The van der Waals surface area contributed by atoms with E-state index in [0.717, 1.165) is 16.6 Å². The van der Waals surface area contributed by atoms with Crippen LogP contribution < -0.4 is 4.74 Å². The van der Waals surface area contributed by atoms with Gasteiger partial charge >= 0.3 is 0 Å². The minimum Gasteiger partial charge on any atom is -0.489 e. The average molecular weight is 402 g/mol. The van der Waals surface area contributed by atoms with E-state index in [1.165, 1.54) is 31.2 Å². The van der Waals surface area contributed by atoms with Crippen LogP contribution in [-0.2, 0) is 0 Å². The Hall–Kier alpha value is -0.0200. The summed E-state index contributed by atoms with van der Waals surface area (Å²) >= 11 is 7.44. The molecule has 2 aliphatic rings. The molecule has 0 amide bonds. The summed E-state index contributed by atoms with van der Waals surface area (Å²) in [7, 11) is 0. The largest absolute Gasteiger partial charge is 0.489 e. The van der Waals surface area contributed by atoms with E-state index in [1.54, 1.807) is 0 Å². The van der Waals surface area contributed by atoms with E-state index in [4.69, 9.17) is 4.74 Å². The van der Waals surface area contributed by atoms with Crippen LogP contribution in [0.2, 0.25) is 0 Å². The third-order valence-electron chi connectivity index (χ3n) is 5.08. The van der Waals surface area contributed by atoms with Crippen molar-refractivity contribution < 1.29 is 4.74 Å². The summed E-state index contributed by atoms with van der Waals surface area (Å²) in [4.78, 5) is 0.653. The highest BCUT2D eigenvalue weighted by Crippen LogP contribution is 2.58. The first-order chi connectivity index (χ1) is 9.53. The van der Waals surface area contributed by atoms with E-state index in [0.29, 0.717) is 22.3 Å². The maximum Gasteiger partial charge on any atom is 0.123 e. The van der Waals surface area contributed by atoms with Crippen molar-refractivity contribution in [3.8, 4) is 5.75 Å². The van der Waals surface area contributed by atoms with Gasteiger partial charge in [-0.25, -0.2) is 0 Å². The summed E-state index contributed by atoms with van der Waals surface area (Å²) in [5.41, 5.74) is 1.71. The van der Waals surface area contributed by atoms with Gasteiger partial charge in [0.2, 0.25) is 0 Å². The summed E-state index contributed by atoms with van der Waals surface area (Å²) < 4.78 is 7.59. The number of rotatable bonds is 3. The highest BCUT2D eigenvalue weighted by atomic mass is 79.9. The number of alkyl halides is 1. The highest BCUT2D eigenvalue weighted by molar-refractivity contribution is 9.10. The molecule has 0 aliphatic heterocycles. The van der Waals surface area contributed by atoms with Gasteiger partial charge in [0, 0.05) is 14.7 Å². The molecular weight excluding hydrogens is 380 g/mol. The molecule has 3 heteroatoms. The zero-order chi connectivity index (χ0) is 14.3. The predicted octanol–water partition coefficient (Wildman–Crippen LogP) is 6.05. The molecule has 20 heavy (non-hydrogen) atoms. The third kappa shape index (κ3) is 2.45. The molecule has 0 saturated heterocycles. The standard InChI is InChI=1S/C17H22Br2O/c1-11(2)13-9-12(18)5-6-14(13)20-16-10-15(19)17(16)7-3-4-8-17/h5-6,9,11,15-16H,3-4,7-8,10H2,1-2H3. The molecule has 1 nitrogen and oxygen atoms in total. The first-order valence-electron chi connectivity index (χ1n) is 7.63. The Kier molecular flexibility index (Phi) is 4.20. The fourth-order valence-electron chi connectivity index (χ4n) is 3.76. The van der Waals surface area contributed by atoms with Gasteiger partial charge in [0.15, 0.2) is 0 Å². The predicted molar refractivity (Wildman–Crippen MR) is 90.9 cm³/mol. The van der Waals surface area contributed by atoms with Crippen molar-refractivity contribution in [2.75, 3.05) is 0 Å². The van der Waals surface area contributed by atoms with Crippen molar-refractivity contribution in [3.63, 3.8) is 0 Å². The SMILES string of the molecule is CC(C)c1cc(Br)ccc1OC1CC(Br)C12CCCC2. The van der Waals surface area contributed by atoms with Crippen LogP contribution in [0.5, 0.6) is 5.75 Å². The molecular formula is C17H22Br2O. The topological polar surface area (TPSA) is 9.23 Å². The van der Waals surface area contributed by atoms with Gasteiger partial charge in [0.1, 0.15) is 11.9 Å². The van der Waals surface area contributed by atoms with E-state index >= 15 is 0 Å². The van der Waals surface area contributed by atoms with Crippen molar-refractivity contribution >= 4 is 31.9 Å². The normalized spacial score (nSPS) is 27.9. The Balaban J connectivity index is 1.82. The Bertz CT molecular complexity index is 492. The molecule has 2 fully saturated rings. The molecule has 2 atom stereocenters.